The average molecular weight is 252 g/mol. The summed E-state index contributed by atoms with van der Waals surface area (Å²) >= 11 is 0. The quantitative estimate of drug-likeness (QED) is 0.582. The highest BCUT2D eigenvalue weighted by Crippen LogP contribution is 2.25. The van der Waals surface area contributed by atoms with E-state index in [0.29, 0.717) is 13.1 Å². The van der Waals surface area contributed by atoms with Crippen molar-refractivity contribution in [2.75, 3.05) is 18.0 Å². The van der Waals surface area contributed by atoms with Gasteiger partial charge in [-0.05, 0) is 6.42 Å². The lowest BCUT2D eigenvalue weighted by molar-refractivity contribution is -0.385. The predicted octanol–water partition coefficient (Wildman–Crippen LogP) is 0.225. The van der Waals surface area contributed by atoms with Crippen molar-refractivity contribution in [3.63, 3.8) is 0 Å². The molecule has 8 nitrogen and oxygen atoms in total. The molecular formula is C10H12N4O4. The van der Waals surface area contributed by atoms with Crippen LogP contribution in [0.15, 0.2) is 12.3 Å². The molecule has 96 valence electrons. The predicted molar refractivity (Wildman–Crippen MR) is 62.7 cm³/mol. The van der Waals surface area contributed by atoms with Crippen molar-refractivity contribution >= 4 is 17.5 Å². The number of nitrogens with two attached hydrogens (primary N) is 1. The summed E-state index contributed by atoms with van der Waals surface area (Å²) in [7, 11) is 0. The van der Waals surface area contributed by atoms with E-state index in [2.05, 4.69) is 4.98 Å². The Labute approximate surface area is 102 Å². The average Bonchev–Trinajstić information content (AvgIpc) is 2.74. The molecule has 1 aromatic heterocycles. The van der Waals surface area contributed by atoms with Gasteiger partial charge in [0.05, 0.1) is 4.92 Å². The fourth-order valence-electron chi connectivity index (χ4n) is 1.94. The topological polar surface area (TPSA) is 123 Å². The number of anilines is 1. The molecule has 3 N–H and O–H groups in total. The van der Waals surface area contributed by atoms with Crippen LogP contribution in [0.25, 0.3) is 0 Å². The number of nitro groups is 1. The molecule has 1 atom stereocenters. The van der Waals surface area contributed by atoms with Crippen LogP contribution in [0.5, 0.6) is 0 Å². The molecule has 1 aliphatic rings. The molecule has 0 amide bonds. The SMILES string of the molecule is NC1CCN(c2ncc([N+](=O)[O-])cc2C(=O)O)C1. The van der Waals surface area contributed by atoms with Crippen molar-refractivity contribution in [2.45, 2.75) is 12.5 Å². The number of hydrogen-bond donors (Lipinski definition) is 2. The van der Waals surface area contributed by atoms with Crippen molar-refractivity contribution in [1.29, 1.82) is 0 Å². The van der Waals surface area contributed by atoms with Crippen molar-refractivity contribution < 1.29 is 14.8 Å². The second-order valence-electron chi connectivity index (χ2n) is 4.12. The summed E-state index contributed by atoms with van der Waals surface area (Å²) in [6, 6.07) is 0.998. The molecule has 0 bridgehead atoms. The van der Waals surface area contributed by atoms with Crippen molar-refractivity contribution in [3.8, 4) is 0 Å². The first kappa shape index (κ1) is 12.2. The van der Waals surface area contributed by atoms with Gasteiger partial charge in [0.25, 0.3) is 5.69 Å². The van der Waals surface area contributed by atoms with Gasteiger partial charge in [-0.25, -0.2) is 9.78 Å². The number of pyridine rings is 1. The highest BCUT2D eigenvalue weighted by atomic mass is 16.6. The number of nitrogens with zero attached hydrogens (tertiary/aromatic N) is 3. The number of aromatic nitrogens is 1. The van der Waals surface area contributed by atoms with E-state index in [-0.39, 0.29) is 23.1 Å². The Morgan fingerprint density at radius 1 is 1.67 bits per heavy atom. The zero-order valence-corrected chi connectivity index (χ0v) is 9.44. The summed E-state index contributed by atoms with van der Waals surface area (Å²) in [5.74, 6) is -0.997. The van der Waals surface area contributed by atoms with Crippen LogP contribution in [0.4, 0.5) is 11.5 Å². The molecule has 1 saturated heterocycles. The Morgan fingerprint density at radius 3 is 2.89 bits per heavy atom. The maximum Gasteiger partial charge on any atom is 0.339 e. The van der Waals surface area contributed by atoms with E-state index in [1.807, 2.05) is 0 Å². The molecular weight excluding hydrogens is 240 g/mol. The Balaban J connectivity index is 2.41. The number of carbonyl (C=O) groups is 1. The summed E-state index contributed by atoms with van der Waals surface area (Å²) in [6.45, 7) is 1.11. The number of aromatic carboxylic acids is 1. The third-order valence-electron chi connectivity index (χ3n) is 2.82. The second-order valence-corrected chi connectivity index (χ2v) is 4.12. The lowest BCUT2D eigenvalue weighted by Gasteiger charge is -2.18. The van der Waals surface area contributed by atoms with Crippen LogP contribution >= 0.6 is 0 Å². The summed E-state index contributed by atoms with van der Waals surface area (Å²) in [5.41, 5.74) is 5.24. The Bertz CT molecular complexity index is 505. The third-order valence-corrected chi connectivity index (χ3v) is 2.82. The van der Waals surface area contributed by atoms with Crippen molar-refractivity contribution in [2.24, 2.45) is 5.73 Å². The highest BCUT2D eigenvalue weighted by molar-refractivity contribution is 5.94. The van der Waals surface area contributed by atoms with Gasteiger partial charge in [-0.15, -0.1) is 0 Å². The molecule has 2 heterocycles. The molecule has 0 aliphatic carbocycles. The van der Waals surface area contributed by atoms with E-state index in [1.165, 1.54) is 0 Å². The van der Waals surface area contributed by atoms with E-state index >= 15 is 0 Å². The van der Waals surface area contributed by atoms with Gasteiger partial charge in [-0.2, -0.15) is 0 Å². The largest absolute Gasteiger partial charge is 0.478 e. The highest BCUT2D eigenvalue weighted by Gasteiger charge is 2.26. The maximum atomic E-state index is 11.1. The normalized spacial score (nSPS) is 18.9. The van der Waals surface area contributed by atoms with E-state index in [4.69, 9.17) is 10.8 Å². The van der Waals surface area contributed by atoms with Gasteiger partial charge in [0.15, 0.2) is 0 Å². The molecule has 1 aromatic rings. The van der Waals surface area contributed by atoms with Crippen LogP contribution in [0.1, 0.15) is 16.8 Å². The summed E-state index contributed by atoms with van der Waals surface area (Å²) < 4.78 is 0. The number of hydrogen-bond acceptors (Lipinski definition) is 6. The second kappa shape index (κ2) is 4.57. The van der Waals surface area contributed by atoms with Gasteiger partial charge in [0.1, 0.15) is 17.6 Å². The van der Waals surface area contributed by atoms with Gasteiger partial charge in [0.2, 0.25) is 0 Å². The van der Waals surface area contributed by atoms with E-state index in [1.54, 1.807) is 4.90 Å². The van der Waals surface area contributed by atoms with Gasteiger partial charge < -0.3 is 15.7 Å². The van der Waals surface area contributed by atoms with Crippen LogP contribution in [0, 0.1) is 10.1 Å². The van der Waals surface area contributed by atoms with Gasteiger partial charge in [0, 0.05) is 25.2 Å². The number of carboxylic acid groups (broad SMARTS) is 1. The molecule has 0 radical (unpaired) electrons. The Kier molecular flexibility index (Phi) is 3.11. The van der Waals surface area contributed by atoms with Crippen LogP contribution < -0.4 is 10.6 Å². The zero-order chi connectivity index (χ0) is 13.3. The van der Waals surface area contributed by atoms with E-state index in [0.717, 1.165) is 18.7 Å². The molecule has 8 heteroatoms. The molecule has 0 saturated carbocycles. The molecule has 0 aromatic carbocycles. The monoisotopic (exact) mass is 252 g/mol. The zero-order valence-electron chi connectivity index (χ0n) is 9.44. The van der Waals surface area contributed by atoms with Crippen molar-refractivity contribution in [3.05, 3.63) is 27.9 Å². The number of carboxylic acids is 1. The molecule has 2 rings (SSSR count). The summed E-state index contributed by atoms with van der Waals surface area (Å²) in [5, 5.41) is 19.7. The third kappa shape index (κ3) is 2.23. The standard InChI is InChI=1S/C10H12N4O4/c11-6-1-2-13(5-6)9-8(10(15)16)3-7(4-12-9)14(17)18/h3-4,6H,1-2,5,11H2,(H,15,16). The fourth-order valence-corrected chi connectivity index (χ4v) is 1.94. The minimum absolute atomic E-state index is 0.0244. The van der Waals surface area contributed by atoms with E-state index in [9.17, 15) is 14.9 Å². The lowest BCUT2D eigenvalue weighted by atomic mass is 10.2. The molecule has 18 heavy (non-hydrogen) atoms. The summed E-state index contributed by atoms with van der Waals surface area (Å²) in [4.78, 5) is 26.7. The molecule has 1 fully saturated rings. The smallest absolute Gasteiger partial charge is 0.339 e. The Hall–Kier alpha value is -2.22. The van der Waals surface area contributed by atoms with Gasteiger partial charge >= 0.3 is 5.97 Å². The molecule has 1 unspecified atom stereocenters. The van der Waals surface area contributed by atoms with Crippen molar-refractivity contribution in [1.82, 2.24) is 4.98 Å². The fraction of sp³-hybridized carbons (Fsp3) is 0.400. The van der Waals surface area contributed by atoms with E-state index < -0.39 is 10.9 Å². The van der Waals surface area contributed by atoms with Gasteiger partial charge in [-0.3, -0.25) is 10.1 Å². The first-order valence-corrected chi connectivity index (χ1v) is 5.37. The first-order chi connectivity index (χ1) is 8.49. The molecule has 1 aliphatic heterocycles. The lowest BCUT2D eigenvalue weighted by Crippen LogP contribution is -2.28. The minimum Gasteiger partial charge on any atom is -0.478 e. The van der Waals surface area contributed by atoms with Crippen LogP contribution in [-0.4, -0.2) is 40.1 Å². The minimum atomic E-state index is -1.23. The van der Waals surface area contributed by atoms with Gasteiger partial charge in [-0.1, -0.05) is 0 Å². The number of rotatable bonds is 3. The Morgan fingerprint density at radius 2 is 2.39 bits per heavy atom. The molecule has 0 spiro atoms. The van der Waals surface area contributed by atoms with Crippen LogP contribution in [0.2, 0.25) is 0 Å². The maximum absolute atomic E-state index is 11.1. The van der Waals surface area contributed by atoms with Crippen LogP contribution in [0.3, 0.4) is 0 Å². The summed E-state index contributed by atoms with van der Waals surface area (Å²) in [6.07, 6.45) is 1.81. The van der Waals surface area contributed by atoms with Crippen LogP contribution in [-0.2, 0) is 0 Å². The first-order valence-electron chi connectivity index (χ1n) is 5.37.